The molecule has 0 aliphatic carbocycles. The zero-order valence-corrected chi connectivity index (χ0v) is 8.97. The molecule has 1 rings (SSSR count). The van der Waals surface area contributed by atoms with Crippen LogP contribution in [0.1, 0.15) is 5.56 Å². The highest BCUT2D eigenvalue weighted by Gasteiger charge is 2.13. The van der Waals surface area contributed by atoms with Gasteiger partial charge in [-0.15, -0.1) is 0 Å². The molecule has 6 N–H and O–H groups in total. The Morgan fingerprint density at radius 2 is 2.00 bits per heavy atom. The lowest BCUT2D eigenvalue weighted by molar-refractivity contribution is -0.139. The van der Waals surface area contributed by atoms with Crippen molar-refractivity contribution in [3.8, 4) is 0 Å². The van der Waals surface area contributed by atoms with Gasteiger partial charge in [0.2, 0.25) is 0 Å². The summed E-state index contributed by atoms with van der Waals surface area (Å²) >= 11 is 5.83. The van der Waals surface area contributed by atoms with Crippen molar-refractivity contribution in [2.24, 2.45) is 0 Å². The van der Waals surface area contributed by atoms with Crippen molar-refractivity contribution in [3.05, 3.63) is 16.7 Å². The summed E-state index contributed by atoms with van der Waals surface area (Å²) in [6.45, 7) is 0. The largest absolute Gasteiger partial charge is 0.469 e. The summed E-state index contributed by atoms with van der Waals surface area (Å²) in [5, 5.41) is 0.175. The van der Waals surface area contributed by atoms with Gasteiger partial charge in [-0.1, -0.05) is 11.6 Å². The first-order valence-electron chi connectivity index (χ1n) is 4.16. The van der Waals surface area contributed by atoms with Crippen LogP contribution in [0, 0.1) is 0 Å². The molecule has 0 saturated carbocycles. The van der Waals surface area contributed by atoms with Gasteiger partial charge in [0.1, 0.15) is 0 Å². The fourth-order valence-corrected chi connectivity index (χ4v) is 1.36. The van der Waals surface area contributed by atoms with Crippen LogP contribution >= 0.6 is 11.6 Å². The predicted octanol–water partition coefficient (Wildman–Crippen LogP) is 0.802. The van der Waals surface area contributed by atoms with Crippen LogP contribution in [0.4, 0.5) is 17.1 Å². The lowest BCUT2D eigenvalue weighted by Gasteiger charge is -2.10. The summed E-state index contributed by atoms with van der Waals surface area (Å²) in [7, 11) is 1.29. The molecule has 0 fully saturated rings. The molecule has 1 aromatic carbocycles. The summed E-state index contributed by atoms with van der Waals surface area (Å²) in [4.78, 5) is 11.0. The Hall–Kier alpha value is -1.62. The quantitative estimate of drug-likeness (QED) is 0.514. The second-order valence-corrected chi connectivity index (χ2v) is 3.40. The van der Waals surface area contributed by atoms with Gasteiger partial charge in [0.05, 0.1) is 35.6 Å². The number of halogens is 1. The zero-order chi connectivity index (χ0) is 11.6. The normalized spacial score (nSPS) is 10.0. The van der Waals surface area contributed by atoms with Crippen LogP contribution in [-0.4, -0.2) is 13.1 Å². The molecule has 0 amide bonds. The van der Waals surface area contributed by atoms with Gasteiger partial charge in [0, 0.05) is 0 Å². The zero-order valence-electron chi connectivity index (χ0n) is 8.21. The number of rotatable bonds is 2. The van der Waals surface area contributed by atoms with E-state index < -0.39 is 5.97 Å². The van der Waals surface area contributed by atoms with E-state index >= 15 is 0 Å². The SMILES string of the molecule is COC(=O)Cc1cc(N)c(N)c(Cl)c1N. The third kappa shape index (κ3) is 2.24. The van der Waals surface area contributed by atoms with Crippen molar-refractivity contribution >= 4 is 34.6 Å². The molecule has 0 aromatic heterocycles. The van der Waals surface area contributed by atoms with Crippen molar-refractivity contribution < 1.29 is 9.53 Å². The van der Waals surface area contributed by atoms with E-state index in [0.717, 1.165) is 0 Å². The van der Waals surface area contributed by atoms with Crippen LogP contribution in [0.2, 0.25) is 5.02 Å². The maximum absolute atomic E-state index is 11.0. The van der Waals surface area contributed by atoms with Crippen LogP contribution in [-0.2, 0) is 16.0 Å². The van der Waals surface area contributed by atoms with Gasteiger partial charge in [0.25, 0.3) is 0 Å². The smallest absolute Gasteiger partial charge is 0.310 e. The molecular weight excluding hydrogens is 218 g/mol. The number of hydrogen-bond acceptors (Lipinski definition) is 5. The van der Waals surface area contributed by atoms with E-state index in [1.165, 1.54) is 13.2 Å². The van der Waals surface area contributed by atoms with Crippen molar-refractivity contribution in [3.63, 3.8) is 0 Å². The number of ether oxygens (including phenoxy) is 1. The number of benzene rings is 1. The molecule has 5 nitrogen and oxygen atoms in total. The third-order valence-electron chi connectivity index (χ3n) is 2.02. The number of nitrogen functional groups attached to an aromatic ring is 3. The first-order chi connectivity index (χ1) is 6.97. The fraction of sp³-hybridized carbons (Fsp3) is 0.222. The molecule has 0 radical (unpaired) electrons. The molecule has 0 aliphatic rings. The molecule has 0 spiro atoms. The Morgan fingerprint density at radius 1 is 1.40 bits per heavy atom. The van der Waals surface area contributed by atoms with Gasteiger partial charge in [-0.05, 0) is 11.6 Å². The minimum atomic E-state index is -0.415. The summed E-state index contributed by atoms with van der Waals surface area (Å²) in [6, 6.07) is 1.52. The summed E-state index contributed by atoms with van der Waals surface area (Å²) in [6.07, 6.45) is 0.0204. The van der Waals surface area contributed by atoms with Crippen LogP contribution in [0.25, 0.3) is 0 Å². The molecule has 0 saturated heterocycles. The van der Waals surface area contributed by atoms with Gasteiger partial charge in [-0.2, -0.15) is 0 Å². The highest BCUT2D eigenvalue weighted by molar-refractivity contribution is 6.36. The van der Waals surface area contributed by atoms with E-state index in [1.54, 1.807) is 0 Å². The van der Waals surface area contributed by atoms with Crippen molar-refractivity contribution in [2.45, 2.75) is 6.42 Å². The predicted molar refractivity (Wildman–Crippen MR) is 60.4 cm³/mol. The van der Waals surface area contributed by atoms with E-state index in [9.17, 15) is 4.79 Å². The van der Waals surface area contributed by atoms with E-state index in [0.29, 0.717) is 11.3 Å². The lowest BCUT2D eigenvalue weighted by atomic mass is 10.1. The van der Waals surface area contributed by atoms with Crippen molar-refractivity contribution in [1.29, 1.82) is 0 Å². The maximum Gasteiger partial charge on any atom is 0.310 e. The lowest BCUT2D eigenvalue weighted by Crippen LogP contribution is -2.09. The standard InChI is InChI=1S/C9H12ClN3O2/c1-15-6(14)3-4-2-5(11)9(13)7(10)8(4)12/h2H,3,11-13H2,1H3. The van der Waals surface area contributed by atoms with Gasteiger partial charge in [-0.3, -0.25) is 4.79 Å². The monoisotopic (exact) mass is 229 g/mol. The molecule has 0 aliphatic heterocycles. The fourth-order valence-electron chi connectivity index (χ4n) is 1.13. The molecule has 0 bridgehead atoms. The molecule has 82 valence electrons. The van der Waals surface area contributed by atoms with E-state index in [2.05, 4.69) is 4.74 Å². The van der Waals surface area contributed by atoms with Gasteiger partial charge < -0.3 is 21.9 Å². The second-order valence-electron chi connectivity index (χ2n) is 3.02. The van der Waals surface area contributed by atoms with E-state index in [1.807, 2.05) is 0 Å². The number of esters is 1. The molecule has 1 aromatic rings. The summed E-state index contributed by atoms with van der Waals surface area (Å²) in [5.41, 5.74) is 18.1. The van der Waals surface area contributed by atoms with Crippen LogP contribution in [0.5, 0.6) is 0 Å². The molecule has 0 atom stereocenters. The number of carbonyl (C=O) groups is 1. The Morgan fingerprint density at radius 3 is 2.53 bits per heavy atom. The van der Waals surface area contributed by atoms with E-state index in [-0.39, 0.29) is 22.8 Å². The Kier molecular flexibility index (Phi) is 3.26. The Bertz CT molecular complexity index is 407. The maximum atomic E-state index is 11.0. The minimum absolute atomic E-state index is 0.0204. The van der Waals surface area contributed by atoms with Crippen LogP contribution < -0.4 is 17.2 Å². The average molecular weight is 230 g/mol. The number of hydrogen-bond donors (Lipinski definition) is 3. The van der Waals surface area contributed by atoms with E-state index in [4.69, 9.17) is 28.8 Å². The summed E-state index contributed by atoms with van der Waals surface area (Å²) in [5.74, 6) is -0.415. The molecule has 0 unspecified atom stereocenters. The molecule has 0 heterocycles. The molecular formula is C9H12ClN3O2. The van der Waals surface area contributed by atoms with Crippen LogP contribution in [0.3, 0.4) is 0 Å². The van der Waals surface area contributed by atoms with Crippen molar-refractivity contribution in [1.82, 2.24) is 0 Å². The molecule has 6 heteroatoms. The van der Waals surface area contributed by atoms with Gasteiger partial charge in [-0.25, -0.2) is 0 Å². The Labute approximate surface area is 92.1 Å². The highest BCUT2D eigenvalue weighted by atomic mass is 35.5. The number of anilines is 3. The topological polar surface area (TPSA) is 104 Å². The van der Waals surface area contributed by atoms with Crippen molar-refractivity contribution in [2.75, 3.05) is 24.3 Å². The first kappa shape index (κ1) is 11.5. The second kappa shape index (κ2) is 4.27. The van der Waals surface area contributed by atoms with Crippen LogP contribution in [0.15, 0.2) is 6.07 Å². The third-order valence-corrected chi connectivity index (χ3v) is 2.43. The average Bonchev–Trinajstić information content (AvgIpc) is 2.22. The molecule has 15 heavy (non-hydrogen) atoms. The summed E-state index contributed by atoms with van der Waals surface area (Å²) < 4.78 is 4.51. The highest BCUT2D eigenvalue weighted by Crippen LogP contribution is 2.34. The van der Waals surface area contributed by atoms with Gasteiger partial charge >= 0.3 is 5.97 Å². The van der Waals surface area contributed by atoms with Gasteiger partial charge in [0.15, 0.2) is 0 Å². The Balaban J connectivity index is 3.15. The number of carbonyl (C=O) groups excluding carboxylic acids is 1. The minimum Gasteiger partial charge on any atom is -0.469 e. The number of nitrogens with two attached hydrogens (primary N) is 3. The first-order valence-corrected chi connectivity index (χ1v) is 4.53. The number of methoxy groups -OCH3 is 1.